The Labute approximate surface area is 234 Å². The molecule has 6 rings (SSSR count). The van der Waals surface area contributed by atoms with E-state index in [1.165, 1.54) is 11.3 Å². The average Bonchev–Trinajstić information content (AvgIpc) is 3.67. The molecule has 0 bridgehead atoms. The molecule has 1 aliphatic rings. The number of nitrogen functional groups attached to an aromatic ring is 1. The van der Waals surface area contributed by atoms with E-state index in [-0.39, 0.29) is 37.5 Å². The monoisotopic (exact) mass is 587 g/mol. The summed E-state index contributed by atoms with van der Waals surface area (Å²) in [6.45, 7) is 0.406. The maximum atomic E-state index is 12.6. The van der Waals surface area contributed by atoms with Gasteiger partial charge in [0, 0.05) is 54.4 Å². The topological polar surface area (TPSA) is 139 Å². The number of alkyl halides is 3. The van der Waals surface area contributed by atoms with Gasteiger partial charge in [0.1, 0.15) is 10.8 Å². The molecule has 3 N–H and O–H groups in total. The molecule has 5 aromatic rings. The molecule has 1 aromatic carbocycles. The minimum atomic E-state index is -5.17. The second kappa shape index (κ2) is 10.1. The number of aromatic nitrogens is 4. The minimum Gasteiger partial charge on any atom is -0.452 e. The van der Waals surface area contributed by atoms with Crippen molar-refractivity contribution in [1.82, 2.24) is 19.7 Å². The number of ether oxygens (including phenoxy) is 2. The van der Waals surface area contributed by atoms with Crippen LogP contribution in [0.15, 0.2) is 47.3 Å². The molecule has 10 nitrogen and oxygen atoms in total. The highest BCUT2D eigenvalue weighted by atomic mass is 32.1. The number of methoxy groups -OCH3 is 1. The van der Waals surface area contributed by atoms with Gasteiger partial charge in [0.05, 0.1) is 29.1 Å². The number of esters is 1. The highest BCUT2D eigenvalue weighted by molar-refractivity contribution is 7.19. The first-order valence-corrected chi connectivity index (χ1v) is 13.5. The number of anilines is 1. The standard InChI is InChI=1S/C27H24F3N5O5S/c1-38-13-21-34-19-4-2-3-16(23(19)41-21)20-9-17-18(11-32-24(31)22(17)39-20)14-10-33-35(12-14)15-5-7-26(37,8-6-15)40-25(36)27(28,29)30/h2-4,9-12,15,37H,5-8,13H2,1H3,(H2,31,32). The van der Waals surface area contributed by atoms with E-state index in [1.807, 2.05) is 24.3 Å². The highest BCUT2D eigenvalue weighted by Crippen LogP contribution is 2.41. The van der Waals surface area contributed by atoms with Crippen molar-refractivity contribution in [3.63, 3.8) is 0 Å². The van der Waals surface area contributed by atoms with Gasteiger partial charge in [-0.2, -0.15) is 18.3 Å². The molecular formula is C27H24F3N5O5S. The van der Waals surface area contributed by atoms with Gasteiger partial charge < -0.3 is 24.7 Å². The number of hydrogen-bond donors (Lipinski definition) is 2. The summed E-state index contributed by atoms with van der Waals surface area (Å²) >= 11 is 1.52. The van der Waals surface area contributed by atoms with Crippen LogP contribution in [0.2, 0.25) is 0 Å². The summed E-state index contributed by atoms with van der Waals surface area (Å²) in [5, 5.41) is 16.4. The third-order valence-corrected chi connectivity index (χ3v) is 8.20. The molecule has 4 aromatic heterocycles. The van der Waals surface area contributed by atoms with E-state index in [1.54, 1.807) is 30.4 Å². The first-order valence-electron chi connectivity index (χ1n) is 12.7. The molecule has 41 heavy (non-hydrogen) atoms. The number of aliphatic hydroxyl groups is 1. The summed E-state index contributed by atoms with van der Waals surface area (Å²) < 4.78 is 56.2. The zero-order valence-corrected chi connectivity index (χ0v) is 22.5. The Morgan fingerprint density at radius 3 is 2.78 bits per heavy atom. The second-order valence-electron chi connectivity index (χ2n) is 9.88. The van der Waals surface area contributed by atoms with Gasteiger partial charge in [-0.05, 0) is 31.0 Å². The van der Waals surface area contributed by atoms with Crippen LogP contribution in [0.1, 0.15) is 36.7 Å². The molecule has 0 aliphatic heterocycles. The number of thiazole rings is 1. The second-order valence-corrected chi connectivity index (χ2v) is 11.0. The van der Waals surface area contributed by atoms with Crippen LogP contribution in [0.5, 0.6) is 0 Å². The average molecular weight is 588 g/mol. The lowest BCUT2D eigenvalue weighted by Crippen LogP contribution is -2.42. The van der Waals surface area contributed by atoms with Crippen molar-refractivity contribution in [3.05, 3.63) is 47.9 Å². The minimum absolute atomic E-state index is 0.150. The van der Waals surface area contributed by atoms with Gasteiger partial charge in [0.25, 0.3) is 0 Å². The van der Waals surface area contributed by atoms with Crippen molar-refractivity contribution in [2.45, 2.75) is 50.3 Å². The Hall–Kier alpha value is -4.01. The number of nitrogens with two attached hydrogens (primary N) is 1. The van der Waals surface area contributed by atoms with Crippen molar-refractivity contribution in [2.75, 3.05) is 12.8 Å². The fraction of sp³-hybridized carbons (Fsp3) is 0.333. The van der Waals surface area contributed by atoms with Crippen molar-refractivity contribution >= 4 is 44.3 Å². The Morgan fingerprint density at radius 2 is 2.05 bits per heavy atom. The zero-order valence-electron chi connectivity index (χ0n) is 21.6. The summed E-state index contributed by atoms with van der Waals surface area (Å²) in [5.41, 5.74) is 9.77. The molecule has 4 heterocycles. The van der Waals surface area contributed by atoms with Crippen LogP contribution in [-0.2, 0) is 20.9 Å². The van der Waals surface area contributed by atoms with Crippen molar-refractivity contribution in [3.8, 4) is 22.5 Å². The number of benzene rings is 1. The Kier molecular flexibility index (Phi) is 6.71. The molecule has 0 atom stereocenters. The number of rotatable bonds is 6. The van der Waals surface area contributed by atoms with E-state index in [9.17, 15) is 23.1 Å². The lowest BCUT2D eigenvalue weighted by atomic mass is 9.90. The predicted octanol–water partition coefficient (Wildman–Crippen LogP) is 5.61. The van der Waals surface area contributed by atoms with Gasteiger partial charge >= 0.3 is 12.1 Å². The maximum absolute atomic E-state index is 12.6. The smallest absolute Gasteiger partial charge is 0.452 e. The van der Waals surface area contributed by atoms with Gasteiger partial charge in [-0.25, -0.2) is 14.8 Å². The van der Waals surface area contributed by atoms with E-state index in [2.05, 4.69) is 19.8 Å². The molecule has 1 fully saturated rings. The molecular weight excluding hydrogens is 563 g/mol. The molecule has 0 spiro atoms. The molecule has 0 radical (unpaired) electrons. The molecule has 0 unspecified atom stereocenters. The van der Waals surface area contributed by atoms with Gasteiger partial charge in [-0.3, -0.25) is 4.68 Å². The molecule has 214 valence electrons. The van der Waals surface area contributed by atoms with Crippen LogP contribution in [-0.4, -0.2) is 49.9 Å². The number of pyridine rings is 1. The van der Waals surface area contributed by atoms with E-state index >= 15 is 0 Å². The van der Waals surface area contributed by atoms with Crippen molar-refractivity contribution in [2.24, 2.45) is 0 Å². The van der Waals surface area contributed by atoms with Crippen molar-refractivity contribution in [1.29, 1.82) is 0 Å². The van der Waals surface area contributed by atoms with E-state index in [0.717, 1.165) is 37.3 Å². The Balaban J connectivity index is 1.27. The predicted molar refractivity (Wildman–Crippen MR) is 144 cm³/mol. The summed E-state index contributed by atoms with van der Waals surface area (Å²) in [6, 6.07) is 7.48. The number of halogens is 3. The number of furan rings is 1. The van der Waals surface area contributed by atoms with Crippen LogP contribution in [0.4, 0.5) is 19.0 Å². The summed E-state index contributed by atoms with van der Waals surface area (Å²) in [7, 11) is 1.62. The number of nitrogens with zero attached hydrogens (tertiary/aromatic N) is 4. The fourth-order valence-electron chi connectivity index (χ4n) is 5.11. The van der Waals surface area contributed by atoms with Crippen LogP contribution in [0.3, 0.4) is 0 Å². The lowest BCUT2D eigenvalue weighted by molar-refractivity contribution is -0.256. The Bertz CT molecular complexity index is 1750. The fourth-order valence-corrected chi connectivity index (χ4v) is 6.16. The van der Waals surface area contributed by atoms with Crippen LogP contribution >= 0.6 is 11.3 Å². The maximum Gasteiger partial charge on any atom is 0.491 e. The number of carbonyl (C=O) groups is 1. The zero-order chi connectivity index (χ0) is 28.9. The summed E-state index contributed by atoms with van der Waals surface area (Å²) in [5.74, 6) is -3.73. The quantitative estimate of drug-likeness (QED) is 0.192. The van der Waals surface area contributed by atoms with Gasteiger partial charge in [-0.1, -0.05) is 6.07 Å². The molecule has 1 saturated carbocycles. The first kappa shape index (κ1) is 27.2. The highest BCUT2D eigenvalue weighted by Gasteiger charge is 2.47. The van der Waals surface area contributed by atoms with Crippen LogP contribution in [0.25, 0.3) is 43.6 Å². The number of fused-ring (bicyclic) bond motifs is 2. The Morgan fingerprint density at radius 1 is 1.27 bits per heavy atom. The third kappa shape index (κ3) is 5.13. The van der Waals surface area contributed by atoms with Crippen molar-refractivity contribution < 1.29 is 37.0 Å². The number of carbonyl (C=O) groups excluding carboxylic acids is 1. The summed E-state index contributed by atoms with van der Waals surface area (Å²) in [4.78, 5) is 20.1. The van der Waals surface area contributed by atoms with Gasteiger partial charge in [0.2, 0.25) is 5.79 Å². The van der Waals surface area contributed by atoms with E-state index in [4.69, 9.17) is 14.9 Å². The normalized spacial score (nSPS) is 19.7. The lowest BCUT2D eigenvalue weighted by Gasteiger charge is -2.35. The SMILES string of the molecule is COCc1nc2cccc(-c3cc4c(-c5cnn(C6CCC(O)(OC(=O)C(F)(F)F)CC6)c5)cnc(N)c4o3)c2s1. The molecule has 14 heteroatoms. The van der Waals surface area contributed by atoms with Crippen LogP contribution < -0.4 is 5.73 Å². The van der Waals surface area contributed by atoms with Gasteiger partial charge in [0.15, 0.2) is 11.4 Å². The van der Waals surface area contributed by atoms with Crippen LogP contribution in [0, 0.1) is 0 Å². The largest absolute Gasteiger partial charge is 0.491 e. The van der Waals surface area contributed by atoms with Gasteiger partial charge in [-0.15, -0.1) is 11.3 Å². The number of hydrogen-bond acceptors (Lipinski definition) is 10. The first-order chi connectivity index (χ1) is 19.5. The molecule has 0 amide bonds. The third-order valence-electron chi connectivity index (χ3n) is 7.12. The van der Waals surface area contributed by atoms with E-state index < -0.39 is 17.9 Å². The molecule has 1 aliphatic carbocycles. The molecule has 0 saturated heterocycles. The van der Waals surface area contributed by atoms with E-state index in [0.29, 0.717) is 18.0 Å². The summed E-state index contributed by atoms with van der Waals surface area (Å²) in [6.07, 6.45) is 0.149.